The topological polar surface area (TPSA) is 87.7 Å². The number of hydrogen-bond donors (Lipinski definition) is 3. The van der Waals surface area contributed by atoms with Crippen molar-refractivity contribution in [1.29, 1.82) is 0 Å². The van der Waals surface area contributed by atoms with Crippen molar-refractivity contribution in [1.82, 2.24) is 10.6 Å². The molecule has 0 aromatic heterocycles. The number of rotatable bonds is 9. The number of ether oxygens (including phenoxy) is 1. The first-order valence-electron chi connectivity index (χ1n) is 6.77. The van der Waals surface area contributed by atoms with Gasteiger partial charge >= 0.3 is 12.0 Å². The van der Waals surface area contributed by atoms with E-state index >= 15 is 0 Å². The molecule has 2 atom stereocenters. The summed E-state index contributed by atoms with van der Waals surface area (Å²) in [7, 11) is 0. The molecule has 0 aliphatic rings. The highest BCUT2D eigenvalue weighted by atomic mass is 16.5. The molecule has 2 amide bonds. The molecule has 2 unspecified atom stereocenters. The Bertz CT molecular complexity index is 282. The lowest BCUT2D eigenvalue weighted by molar-refractivity contribution is -0.141. The molecule has 6 nitrogen and oxygen atoms in total. The van der Waals surface area contributed by atoms with Crippen LogP contribution in [0.1, 0.15) is 34.1 Å². The molecule has 0 spiro atoms. The van der Waals surface area contributed by atoms with Crippen molar-refractivity contribution in [2.45, 2.75) is 40.2 Å². The molecule has 0 radical (unpaired) electrons. The van der Waals surface area contributed by atoms with Crippen LogP contribution >= 0.6 is 0 Å². The van der Waals surface area contributed by atoms with E-state index in [9.17, 15) is 9.59 Å². The summed E-state index contributed by atoms with van der Waals surface area (Å²) in [5.74, 6) is -1.19. The minimum atomic E-state index is -0.891. The van der Waals surface area contributed by atoms with Crippen LogP contribution in [0.5, 0.6) is 0 Å². The second-order valence-corrected chi connectivity index (χ2v) is 4.81. The van der Waals surface area contributed by atoms with E-state index in [4.69, 9.17) is 9.84 Å². The van der Waals surface area contributed by atoms with E-state index in [0.29, 0.717) is 19.6 Å². The molecule has 0 rings (SSSR count). The molecule has 0 bridgehead atoms. The number of urea groups is 1. The van der Waals surface area contributed by atoms with Crippen LogP contribution in [0, 0.1) is 11.8 Å². The van der Waals surface area contributed by atoms with Gasteiger partial charge in [-0.25, -0.2) is 4.79 Å². The summed E-state index contributed by atoms with van der Waals surface area (Å²) in [6, 6.07) is -0.428. The third-order valence-corrected chi connectivity index (χ3v) is 2.97. The highest BCUT2D eigenvalue weighted by Crippen LogP contribution is 2.03. The number of amides is 2. The normalized spacial score (nSPS) is 13.9. The average Bonchev–Trinajstić information content (AvgIpc) is 2.34. The summed E-state index contributed by atoms with van der Waals surface area (Å²) in [6.45, 7) is 8.87. The molecular weight excluding hydrogens is 248 g/mol. The monoisotopic (exact) mass is 274 g/mol. The average molecular weight is 274 g/mol. The minimum Gasteiger partial charge on any atom is -0.481 e. The second kappa shape index (κ2) is 9.61. The number of aliphatic carboxylic acids is 1. The Labute approximate surface area is 114 Å². The van der Waals surface area contributed by atoms with Crippen molar-refractivity contribution >= 4 is 12.0 Å². The van der Waals surface area contributed by atoms with Crippen molar-refractivity contribution in [3.05, 3.63) is 0 Å². The van der Waals surface area contributed by atoms with Gasteiger partial charge < -0.3 is 20.5 Å². The number of carboxylic acids is 1. The fourth-order valence-corrected chi connectivity index (χ4v) is 1.49. The van der Waals surface area contributed by atoms with Gasteiger partial charge in [-0.2, -0.15) is 0 Å². The predicted molar refractivity (Wildman–Crippen MR) is 73.1 cm³/mol. The number of nitrogens with one attached hydrogen (secondary N) is 2. The van der Waals surface area contributed by atoms with Gasteiger partial charge in [-0.1, -0.05) is 20.8 Å². The first-order valence-corrected chi connectivity index (χ1v) is 6.77. The molecule has 0 saturated heterocycles. The summed E-state index contributed by atoms with van der Waals surface area (Å²) in [4.78, 5) is 22.5. The number of hydrogen-bond acceptors (Lipinski definition) is 3. The number of carbonyl (C=O) groups is 2. The van der Waals surface area contributed by atoms with Crippen molar-refractivity contribution in [2.75, 3.05) is 19.8 Å². The standard InChI is InChI=1S/C13H26N2O4/c1-5-10(12(16)17)7-14-13(18)15-11(9(3)4)8-19-6-2/h9-11H,5-8H2,1-4H3,(H,16,17)(H2,14,15,18). The number of carbonyl (C=O) groups excluding carboxylic acids is 1. The highest BCUT2D eigenvalue weighted by Gasteiger charge is 2.19. The molecule has 0 fully saturated rings. The van der Waals surface area contributed by atoms with E-state index in [0.717, 1.165) is 0 Å². The first-order chi connectivity index (χ1) is 8.92. The van der Waals surface area contributed by atoms with Crippen LogP contribution in [-0.2, 0) is 9.53 Å². The molecule has 0 aromatic rings. The van der Waals surface area contributed by atoms with E-state index in [1.165, 1.54) is 0 Å². The van der Waals surface area contributed by atoms with Crippen molar-refractivity contribution in [3.63, 3.8) is 0 Å². The quantitative estimate of drug-likeness (QED) is 0.594. The molecule has 0 aliphatic heterocycles. The van der Waals surface area contributed by atoms with Crippen LogP contribution in [0.4, 0.5) is 4.79 Å². The lowest BCUT2D eigenvalue weighted by atomic mass is 10.1. The summed E-state index contributed by atoms with van der Waals surface area (Å²) in [5.41, 5.74) is 0. The summed E-state index contributed by atoms with van der Waals surface area (Å²) >= 11 is 0. The maximum Gasteiger partial charge on any atom is 0.315 e. The Balaban J connectivity index is 4.15. The Kier molecular flexibility index (Phi) is 8.95. The van der Waals surface area contributed by atoms with Crippen LogP contribution < -0.4 is 10.6 Å². The van der Waals surface area contributed by atoms with Crippen LogP contribution in [-0.4, -0.2) is 42.9 Å². The molecule has 19 heavy (non-hydrogen) atoms. The zero-order valence-corrected chi connectivity index (χ0v) is 12.2. The van der Waals surface area contributed by atoms with E-state index in [2.05, 4.69) is 10.6 Å². The zero-order valence-electron chi connectivity index (χ0n) is 12.2. The SMILES string of the molecule is CCOCC(NC(=O)NCC(CC)C(=O)O)C(C)C. The van der Waals surface area contributed by atoms with Crippen LogP contribution in [0.2, 0.25) is 0 Å². The number of carboxylic acid groups (broad SMARTS) is 1. The smallest absolute Gasteiger partial charge is 0.315 e. The van der Waals surface area contributed by atoms with Gasteiger partial charge in [-0.3, -0.25) is 4.79 Å². The largest absolute Gasteiger partial charge is 0.481 e. The van der Waals surface area contributed by atoms with Crippen molar-refractivity contribution in [2.24, 2.45) is 11.8 Å². The van der Waals surface area contributed by atoms with Gasteiger partial charge in [0.2, 0.25) is 0 Å². The lowest BCUT2D eigenvalue weighted by Gasteiger charge is -2.22. The molecule has 0 heterocycles. The van der Waals surface area contributed by atoms with Gasteiger partial charge in [0.1, 0.15) is 0 Å². The Morgan fingerprint density at radius 1 is 1.26 bits per heavy atom. The van der Waals surface area contributed by atoms with Crippen molar-refractivity contribution < 1.29 is 19.4 Å². The zero-order chi connectivity index (χ0) is 14.8. The van der Waals surface area contributed by atoms with Gasteiger partial charge in [0.15, 0.2) is 0 Å². The minimum absolute atomic E-state index is 0.0788. The Hall–Kier alpha value is -1.30. The third-order valence-electron chi connectivity index (χ3n) is 2.97. The van der Waals surface area contributed by atoms with Crippen LogP contribution in [0.3, 0.4) is 0 Å². The second-order valence-electron chi connectivity index (χ2n) is 4.81. The van der Waals surface area contributed by atoms with Crippen LogP contribution in [0.25, 0.3) is 0 Å². The molecule has 112 valence electrons. The van der Waals surface area contributed by atoms with Crippen LogP contribution in [0.15, 0.2) is 0 Å². The van der Waals surface area contributed by atoms with Gasteiger partial charge in [0.25, 0.3) is 0 Å². The van der Waals surface area contributed by atoms with E-state index in [1.54, 1.807) is 6.92 Å². The molecule has 0 aromatic carbocycles. The highest BCUT2D eigenvalue weighted by molar-refractivity contribution is 5.76. The molecule has 0 aliphatic carbocycles. The first kappa shape index (κ1) is 17.7. The Morgan fingerprint density at radius 3 is 2.32 bits per heavy atom. The Morgan fingerprint density at radius 2 is 1.89 bits per heavy atom. The lowest BCUT2D eigenvalue weighted by Crippen LogP contribution is -2.48. The summed E-state index contributed by atoms with van der Waals surface area (Å²) < 4.78 is 5.31. The fourth-order valence-electron chi connectivity index (χ4n) is 1.49. The molecule has 6 heteroatoms. The van der Waals surface area contributed by atoms with Gasteiger partial charge in [0.05, 0.1) is 18.6 Å². The predicted octanol–water partition coefficient (Wildman–Crippen LogP) is 1.46. The van der Waals surface area contributed by atoms with E-state index in [1.807, 2.05) is 20.8 Å². The van der Waals surface area contributed by atoms with Crippen molar-refractivity contribution in [3.8, 4) is 0 Å². The molecule has 0 saturated carbocycles. The van der Waals surface area contributed by atoms with Gasteiger partial charge in [-0.15, -0.1) is 0 Å². The molecule has 3 N–H and O–H groups in total. The third kappa shape index (κ3) is 7.66. The van der Waals surface area contributed by atoms with Gasteiger partial charge in [-0.05, 0) is 19.3 Å². The van der Waals surface area contributed by atoms with E-state index < -0.39 is 11.9 Å². The molecular formula is C13H26N2O4. The maximum atomic E-state index is 11.7. The summed E-state index contributed by atoms with van der Waals surface area (Å²) in [5, 5.41) is 14.3. The van der Waals surface area contributed by atoms with Gasteiger partial charge in [0, 0.05) is 13.2 Å². The maximum absolute atomic E-state index is 11.7. The fraction of sp³-hybridized carbons (Fsp3) is 0.846. The summed E-state index contributed by atoms with van der Waals surface area (Å²) in [6.07, 6.45) is 0.488. The van der Waals surface area contributed by atoms with E-state index in [-0.39, 0.29) is 24.5 Å².